The topological polar surface area (TPSA) is 83.8 Å². The second-order valence-electron chi connectivity index (χ2n) is 4.73. The lowest BCUT2D eigenvalue weighted by atomic mass is 10.2. The Balaban J connectivity index is 1.84. The fourth-order valence-corrected chi connectivity index (χ4v) is 2.18. The Morgan fingerprint density at radius 2 is 2.25 bits per heavy atom. The van der Waals surface area contributed by atoms with Crippen molar-refractivity contribution >= 4 is 28.9 Å². The molecule has 1 aliphatic rings. The molecule has 1 amide bonds. The van der Waals surface area contributed by atoms with Crippen molar-refractivity contribution < 1.29 is 9.18 Å². The van der Waals surface area contributed by atoms with Gasteiger partial charge in [-0.25, -0.2) is 4.39 Å². The number of carbonyl (C=O) groups excluding carboxylic acids is 1. The number of hydrogen-bond acceptors (Lipinski definition) is 3. The van der Waals surface area contributed by atoms with E-state index in [1.807, 2.05) is 0 Å². The fraction of sp³-hybridized carbons (Fsp3) is 0.231. The minimum atomic E-state index is -0.681. The summed E-state index contributed by atoms with van der Waals surface area (Å²) in [4.78, 5) is 12.1. The molecular weight excluding hydrogens is 283 g/mol. The number of amides is 1. The second kappa shape index (κ2) is 4.79. The number of rotatable bonds is 3. The van der Waals surface area contributed by atoms with Gasteiger partial charge in [-0.15, -0.1) is 0 Å². The highest BCUT2D eigenvalue weighted by atomic mass is 35.5. The molecule has 5 nitrogen and oxygen atoms in total. The van der Waals surface area contributed by atoms with E-state index in [0.29, 0.717) is 11.6 Å². The van der Waals surface area contributed by atoms with Crippen LogP contribution in [0.15, 0.2) is 18.2 Å². The quantitative estimate of drug-likeness (QED) is 0.814. The SMILES string of the molecule is Nc1c(C(=O)Nc2cccc(Cl)c2F)n[nH]c1C1CC1. The second-order valence-corrected chi connectivity index (χ2v) is 5.14. The maximum Gasteiger partial charge on any atom is 0.278 e. The molecule has 0 aliphatic heterocycles. The van der Waals surface area contributed by atoms with Crippen LogP contribution < -0.4 is 11.1 Å². The summed E-state index contributed by atoms with van der Waals surface area (Å²) in [5.41, 5.74) is 7.07. The van der Waals surface area contributed by atoms with Crippen LogP contribution in [0.4, 0.5) is 15.8 Å². The Kier molecular flexibility index (Phi) is 3.10. The molecule has 1 fully saturated rings. The smallest absolute Gasteiger partial charge is 0.278 e. The van der Waals surface area contributed by atoms with E-state index in [4.69, 9.17) is 17.3 Å². The number of benzene rings is 1. The number of nitrogens with one attached hydrogen (secondary N) is 2. The summed E-state index contributed by atoms with van der Waals surface area (Å²) >= 11 is 5.66. The minimum absolute atomic E-state index is 0.00197. The van der Waals surface area contributed by atoms with Crippen LogP contribution in [0.5, 0.6) is 0 Å². The molecule has 0 radical (unpaired) electrons. The number of nitrogens with zero attached hydrogens (tertiary/aromatic N) is 1. The van der Waals surface area contributed by atoms with E-state index in [9.17, 15) is 9.18 Å². The van der Waals surface area contributed by atoms with E-state index in [1.165, 1.54) is 12.1 Å². The number of aromatic nitrogens is 2. The molecule has 7 heteroatoms. The van der Waals surface area contributed by atoms with Gasteiger partial charge in [0.15, 0.2) is 11.5 Å². The number of nitrogens with two attached hydrogens (primary N) is 1. The van der Waals surface area contributed by atoms with E-state index in [1.54, 1.807) is 6.07 Å². The first kappa shape index (κ1) is 12.9. The number of halogens is 2. The van der Waals surface area contributed by atoms with Crippen molar-refractivity contribution in [2.24, 2.45) is 0 Å². The predicted octanol–water partition coefficient (Wildman–Crippen LogP) is 2.91. The number of carbonyl (C=O) groups is 1. The Morgan fingerprint density at radius 3 is 2.95 bits per heavy atom. The lowest BCUT2D eigenvalue weighted by molar-refractivity contribution is 0.102. The lowest BCUT2D eigenvalue weighted by Crippen LogP contribution is -2.15. The molecule has 20 heavy (non-hydrogen) atoms. The van der Waals surface area contributed by atoms with E-state index in [2.05, 4.69) is 15.5 Å². The third-order valence-electron chi connectivity index (χ3n) is 3.23. The maximum atomic E-state index is 13.7. The van der Waals surface area contributed by atoms with Gasteiger partial charge in [0.25, 0.3) is 5.91 Å². The number of aromatic amines is 1. The van der Waals surface area contributed by atoms with Gasteiger partial charge in [-0.2, -0.15) is 5.10 Å². The van der Waals surface area contributed by atoms with Crippen LogP contribution in [0.25, 0.3) is 0 Å². The highest BCUT2D eigenvalue weighted by Crippen LogP contribution is 2.42. The summed E-state index contributed by atoms with van der Waals surface area (Å²) in [5.74, 6) is -0.891. The zero-order valence-corrected chi connectivity index (χ0v) is 11.2. The third kappa shape index (κ3) is 2.22. The molecule has 1 aliphatic carbocycles. The van der Waals surface area contributed by atoms with Crippen molar-refractivity contribution in [3.63, 3.8) is 0 Å². The van der Waals surface area contributed by atoms with Crippen LogP contribution in [0.2, 0.25) is 5.02 Å². The van der Waals surface area contributed by atoms with Crippen LogP contribution in [-0.2, 0) is 0 Å². The molecular formula is C13H12ClFN4O. The van der Waals surface area contributed by atoms with Gasteiger partial charge in [-0.05, 0) is 25.0 Å². The molecule has 0 unspecified atom stereocenters. The Labute approximate surface area is 119 Å². The maximum absolute atomic E-state index is 13.7. The molecule has 0 bridgehead atoms. The van der Waals surface area contributed by atoms with Crippen LogP contribution >= 0.6 is 11.6 Å². The van der Waals surface area contributed by atoms with Gasteiger partial charge in [0.1, 0.15) is 0 Å². The molecule has 1 saturated carbocycles. The number of nitrogen functional groups attached to an aromatic ring is 1. The van der Waals surface area contributed by atoms with Gasteiger partial charge >= 0.3 is 0 Å². The molecule has 1 aromatic carbocycles. The van der Waals surface area contributed by atoms with Crippen LogP contribution in [-0.4, -0.2) is 16.1 Å². The molecule has 104 valence electrons. The van der Waals surface area contributed by atoms with Crippen LogP contribution in [0.1, 0.15) is 34.9 Å². The van der Waals surface area contributed by atoms with Gasteiger partial charge in [-0.1, -0.05) is 17.7 Å². The highest BCUT2D eigenvalue weighted by Gasteiger charge is 2.30. The molecule has 4 N–H and O–H groups in total. The van der Waals surface area contributed by atoms with Crippen LogP contribution in [0.3, 0.4) is 0 Å². The van der Waals surface area contributed by atoms with Crippen LogP contribution in [0, 0.1) is 5.82 Å². The largest absolute Gasteiger partial charge is 0.395 e. The minimum Gasteiger partial charge on any atom is -0.395 e. The fourth-order valence-electron chi connectivity index (χ4n) is 2.00. The zero-order valence-electron chi connectivity index (χ0n) is 10.4. The lowest BCUT2D eigenvalue weighted by Gasteiger charge is -2.06. The summed E-state index contributed by atoms with van der Waals surface area (Å²) < 4.78 is 13.7. The molecule has 2 aromatic rings. The van der Waals surface area contributed by atoms with E-state index >= 15 is 0 Å². The summed E-state index contributed by atoms with van der Waals surface area (Å²) in [6.45, 7) is 0. The molecule has 0 saturated heterocycles. The monoisotopic (exact) mass is 294 g/mol. The Bertz CT molecular complexity index is 681. The van der Waals surface area contributed by atoms with Crippen molar-refractivity contribution in [3.05, 3.63) is 40.4 Å². The van der Waals surface area contributed by atoms with Crippen molar-refractivity contribution in [3.8, 4) is 0 Å². The average molecular weight is 295 g/mol. The number of hydrogen-bond donors (Lipinski definition) is 3. The molecule has 3 rings (SSSR count). The van der Waals surface area contributed by atoms with Crippen molar-refractivity contribution in [1.82, 2.24) is 10.2 Å². The zero-order chi connectivity index (χ0) is 14.3. The number of anilines is 2. The van der Waals surface area contributed by atoms with E-state index in [-0.39, 0.29) is 16.4 Å². The number of H-pyrrole nitrogens is 1. The molecule has 1 heterocycles. The standard InChI is InChI=1S/C13H12ClFN4O/c14-7-2-1-3-8(9(7)15)17-13(20)12-10(16)11(18-19-12)6-4-5-6/h1-3,6H,4-5,16H2,(H,17,20)(H,18,19). The Morgan fingerprint density at radius 1 is 1.50 bits per heavy atom. The van der Waals surface area contributed by atoms with Crippen molar-refractivity contribution in [1.29, 1.82) is 0 Å². The van der Waals surface area contributed by atoms with Crippen molar-refractivity contribution in [2.45, 2.75) is 18.8 Å². The summed E-state index contributed by atoms with van der Waals surface area (Å²) in [6.07, 6.45) is 2.08. The van der Waals surface area contributed by atoms with Gasteiger partial charge in [0.05, 0.1) is 22.1 Å². The summed E-state index contributed by atoms with van der Waals surface area (Å²) in [5, 5.41) is 9.04. The van der Waals surface area contributed by atoms with Gasteiger partial charge in [0, 0.05) is 5.92 Å². The first-order valence-corrected chi connectivity index (χ1v) is 6.55. The average Bonchev–Trinajstić information content (AvgIpc) is 3.18. The highest BCUT2D eigenvalue weighted by molar-refractivity contribution is 6.31. The molecule has 0 atom stereocenters. The normalized spacial score (nSPS) is 14.3. The summed E-state index contributed by atoms with van der Waals surface area (Å²) in [7, 11) is 0. The van der Waals surface area contributed by atoms with Gasteiger partial charge in [-0.3, -0.25) is 9.89 Å². The van der Waals surface area contributed by atoms with Gasteiger partial charge < -0.3 is 11.1 Å². The molecule has 0 spiro atoms. The van der Waals surface area contributed by atoms with Gasteiger partial charge in [0.2, 0.25) is 0 Å². The molecule has 1 aromatic heterocycles. The first-order valence-electron chi connectivity index (χ1n) is 6.17. The first-order chi connectivity index (χ1) is 9.58. The van der Waals surface area contributed by atoms with E-state index in [0.717, 1.165) is 18.5 Å². The summed E-state index contributed by atoms with van der Waals surface area (Å²) in [6, 6.07) is 4.37. The van der Waals surface area contributed by atoms with Crippen molar-refractivity contribution in [2.75, 3.05) is 11.1 Å². The van der Waals surface area contributed by atoms with E-state index < -0.39 is 11.7 Å². The third-order valence-corrected chi connectivity index (χ3v) is 3.53. The predicted molar refractivity (Wildman–Crippen MR) is 74.3 cm³/mol. The Hall–Kier alpha value is -2.08.